The second-order valence-corrected chi connectivity index (χ2v) is 9.83. The summed E-state index contributed by atoms with van der Waals surface area (Å²) in [7, 11) is 1.45. The van der Waals surface area contributed by atoms with Crippen molar-refractivity contribution >= 4 is 17.6 Å². The van der Waals surface area contributed by atoms with E-state index in [2.05, 4.69) is 47.1 Å². The van der Waals surface area contributed by atoms with Crippen LogP contribution in [0.1, 0.15) is 41.3 Å². The summed E-state index contributed by atoms with van der Waals surface area (Å²) in [5.74, 6) is -0.557. The number of carbonyl (C=O) groups excluding carboxylic acids is 2. The lowest BCUT2D eigenvalue weighted by molar-refractivity contribution is -0.174. The van der Waals surface area contributed by atoms with Crippen LogP contribution in [0.5, 0.6) is 0 Å². The molecule has 3 saturated heterocycles. The van der Waals surface area contributed by atoms with Gasteiger partial charge in [0.15, 0.2) is 0 Å². The molecule has 5 heterocycles. The molecule has 0 aromatic heterocycles. The summed E-state index contributed by atoms with van der Waals surface area (Å²) >= 11 is 0. The maximum atomic E-state index is 13.5. The van der Waals surface area contributed by atoms with Gasteiger partial charge in [-0.2, -0.15) is 0 Å². The maximum absolute atomic E-state index is 13.5. The van der Waals surface area contributed by atoms with Gasteiger partial charge in [0.2, 0.25) is 5.72 Å². The van der Waals surface area contributed by atoms with Crippen molar-refractivity contribution in [3.8, 4) is 0 Å². The Morgan fingerprint density at radius 2 is 1.91 bits per heavy atom. The van der Waals surface area contributed by atoms with E-state index in [0.717, 1.165) is 42.7 Å². The van der Waals surface area contributed by atoms with Gasteiger partial charge in [-0.25, -0.2) is 9.59 Å². The second kappa shape index (κ2) is 6.26. The monoisotopic (exact) mass is 442 g/mol. The molecular formula is C27H26N2O4. The number of hydrogen-bond acceptors (Lipinski definition) is 6. The maximum Gasteiger partial charge on any atom is 0.340 e. The lowest BCUT2D eigenvalue weighted by Crippen LogP contribution is -2.82. The van der Waals surface area contributed by atoms with E-state index in [1.165, 1.54) is 12.7 Å². The highest BCUT2D eigenvalue weighted by atomic mass is 16.6. The molecule has 33 heavy (non-hydrogen) atoms. The summed E-state index contributed by atoms with van der Waals surface area (Å²) in [4.78, 5) is 31.6. The van der Waals surface area contributed by atoms with Crippen molar-refractivity contribution in [2.75, 3.05) is 25.1 Å². The number of piperidine rings is 3. The van der Waals surface area contributed by atoms with Crippen LogP contribution in [0, 0.1) is 5.92 Å². The molecule has 0 aliphatic carbocycles. The highest BCUT2D eigenvalue weighted by Crippen LogP contribution is 2.68. The molecule has 3 fully saturated rings. The first kappa shape index (κ1) is 19.4. The van der Waals surface area contributed by atoms with E-state index < -0.39 is 17.2 Å². The molecule has 0 N–H and O–H groups in total. The van der Waals surface area contributed by atoms with Gasteiger partial charge in [0.25, 0.3) is 0 Å². The molecule has 1 unspecified atom stereocenters. The number of anilines is 1. The van der Waals surface area contributed by atoms with Crippen LogP contribution < -0.4 is 4.90 Å². The van der Waals surface area contributed by atoms with E-state index in [-0.39, 0.29) is 23.9 Å². The quantitative estimate of drug-likeness (QED) is 0.499. The molecule has 2 aromatic rings. The van der Waals surface area contributed by atoms with Crippen molar-refractivity contribution in [3.05, 3.63) is 76.9 Å². The standard InChI is InChI=1S/C27H26N2O4/c1-3-16-15-28-13-12-26-19-9-5-4-8-17(19)24(30)33-27(26)22(28)14-18(16)23(25(31)32-2)29(27)21-11-7-6-10-20(21)26/h3-11,18,22-23H,12-15H2,1-2H3/b16-3-/t18-,22-,23-,26-,27?/m0/s1. The number of benzene rings is 2. The van der Waals surface area contributed by atoms with Gasteiger partial charge in [-0.15, -0.1) is 0 Å². The van der Waals surface area contributed by atoms with Crippen LogP contribution in [0.25, 0.3) is 0 Å². The van der Waals surface area contributed by atoms with Crippen molar-refractivity contribution in [2.45, 2.75) is 43.0 Å². The molecule has 6 heteroatoms. The Morgan fingerprint density at radius 1 is 1.15 bits per heavy atom. The summed E-state index contributed by atoms with van der Waals surface area (Å²) in [5, 5.41) is 0. The van der Waals surface area contributed by atoms with Crippen LogP contribution in [0.15, 0.2) is 60.2 Å². The van der Waals surface area contributed by atoms with E-state index in [9.17, 15) is 9.59 Å². The highest BCUT2D eigenvalue weighted by Gasteiger charge is 2.78. The molecule has 2 aromatic carbocycles. The molecule has 0 saturated carbocycles. The number of ether oxygens (including phenoxy) is 2. The van der Waals surface area contributed by atoms with Crippen LogP contribution in [0.4, 0.5) is 5.69 Å². The zero-order chi connectivity index (χ0) is 22.5. The number of allylic oxidation sites excluding steroid dienone is 1. The largest absolute Gasteiger partial charge is 0.467 e. The Balaban J connectivity index is 1.61. The smallest absolute Gasteiger partial charge is 0.340 e. The topological polar surface area (TPSA) is 59.1 Å². The minimum absolute atomic E-state index is 0.00874. The Morgan fingerprint density at radius 3 is 2.70 bits per heavy atom. The number of esters is 2. The van der Waals surface area contributed by atoms with Gasteiger partial charge in [-0.05, 0) is 43.0 Å². The number of carbonyl (C=O) groups is 2. The zero-order valence-electron chi connectivity index (χ0n) is 18.8. The SMILES string of the molecule is C/C=C1/CN2CC[C@@]34c5ccccc5C(=O)OC35[C@@H]2C[C@@H]1[C@@H](C(=O)OC)N5c1ccccc14. The third-order valence-electron chi connectivity index (χ3n) is 8.93. The first-order chi connectivity index (χ1) is 16.1. The number of fused-ring (bicyclic) bond motifs is 4. The van der Waals surface area contributed by atoms with Crippen molar-refractivity contribution < 1.29 is 19.1 Å². The fraction of sp³-hybridized carbons (Fsp3) is 0.407. The Bertz CT molecular complexity index is 1250. The van der Waals surface area contributed by atoms with E-state index in [1.54, 1.807) is 0 Å². The first-order valence-electron chi connectivity index (χ1n) is 11.8. The molecule has 5 atom stereocenters. The second-order valence-electron chi connectivity index (χ2n) is 9.83. The van der Waals surface area contributed by atoms with Crippen molar-refractivity contribution in [2.24, 2.45) is 5.92 Å². The molecule has 0 amide bonds. The number of para-hydroxylation sites is 1. The average Bonchev–Trinajstić information content (AvgIpc) is 3.11. The van der Waals surface area contributed by atoms with Gasteiger partial charge in [-0.3, -0.25) is 4.90 Å². The van der Waals surface area contributed by atoms with E-state index >= 15 is 0 Å². The summed E-state index contributed by atoms with van der Waals surface area (Å²) in [6.45, 7) is 3.76. The predicted molar refractivity (Wildman–Crippen MR) is 122 cm³/mol. The van der Waals surface area contributed by atoms with Crippen molar-refractivity contribution in [1.29, 1.82) is 0 Å². The summed E-state index contributed by atoms with van der Waals surface area (Å²) in [5.41, 5.74) is 3.54. The number of methoxy groups -OCH3 is 1. The van der Waals surface area contributed by atoms with E-state index in [0.29, 0.717) is 5.56 Å². The molecular weight excluding hydrogens is 416 g/mol. The first-order valence-corrected chi connectivity index (χ1v) is 11.8. The number of rotatable bonds is 1. The van der Waals surface area contributed by atoms with Gasteiger partial charge in [-0.1, -0.05) is 48.0 Å². The normalized spacial score (nSPS) is 36.5. The van der Waals surface area contributed by atoms with Gasteiger partial charge in [0.1, 0.15) is 6.04 Å². The number of hydrogen-bond donors (Lipinski definition) is 0. The minimum atomic E-state index is -0.977. The lowest BCUT2D eigenvalue weighted by Gasteiger charge is -2.67. The third-order valence-corrected chi connectivity index (χ3v) is 8.93. The minimum Gasteiger partial charge on any atom is -0.467 e. The number of nitrogens with zero attached hydrogens (tertiary/aromatic N) is 2. The van der Waals surface area contributed by atoms with Crippen LogP contribution in [0.2, 0.25) is 0 Å². The Hall–Kier alpha value is -3.12. The highest BCUT2D eigenvalue weighted by molar-refractivity contribution is 5.97. The molecule has 7 rings (SSSR count). The molecule has 6 nitrogen and oxygen atoms in total. The Labute approximate surface area is 192 Å². The van der Waals surface area contributed by atoms with Crippen LogP contribution in [0.3, 0.4) is 0 Å². The van der Waals surface area contributed by atoms with E-state index in [1.807, 2.05) is 24.3 Å². The summed E-state index contributed by atoms with van der Waals surface area (Å²) < 4.78 is 12.0. The fourth-order valence-corrected chi connectivity index (χ4v) is 7.81. The van der Waals surface area contributed by atoms with Gasteiger partial charge in [0.05, 0.1) is 24.1 Å². The zero-order valence-corrected chi connectivity index (χ0v) is 18.8. The Kier molecular flexibility index (Phi) is 3.67. The van der Waals surface area contributed by atoms with Crippen molar-refractivity contribution in [1.82, 2.24) is 4.90 Å². The van der Waals surface area contributed by atoms with Crippen LogP contribution >= 0.6 is 0 Å². The summed E-state index contributed by atoms with van der Waals surface area (Å²) in [6.07, 6.45) is 3.73. The van der Waals surface area contributed by atoms with E-state index in [4.69, 9.17) is 9.47 Å². The molecule has 168 valence electrons. The lowest BCUT2D eigenvalue weighted by atomic mass is 9.56. The predicted octanol–water partition coefficient (Wildman–Crippen LogP) is 3.26. The molecule has 5 aliphatic rings. The third kappa shape index (κ3) is 1.97. The van der Waals surface area contributed by atoms with Gasteiger partial charge in [0, 0.05) is 24.7 Å². The molecule has 2 bridgehead atoms. The van der Waals surface area contributed by atoms with Crippen LogP contribution in [-0.2, 0) is 19.7 Å². The average molecular weight is 443 g/mol. The molecule has 5 aliphatic heterocycles. The van der Waals surface area contributed by atoms with Gasteiger partial charge >= 0.3 is 11.9 Å². The fourth-order valence-electron chi connectivity index (χ4n) is 7.81. The van der Waals surface area contributed by atoms with Crippen molar-refractivity contribution in [3.63, 3.8) is 0 Å². The molecule has 0 radical (unpaired) electrons. The van der Waals surface area contributed by atoms with Crippen LogP contribution in [-0.4, -0.2) is 54.8 Å². The molecule has 1 spiro atoms. The summed E-state index contributed by atoms with van der Waals surface area (Å²) in [6, 6.07) is 15.6. The van der Waals surface area contributed by atoms with Gasteiger partial charge < -0.3 is 14.4 Å².